The Balaban J connectivity index is 1.53. The van der Waals surface area contributed by atoms with Crippen LogP contribution < -0.4 is 5.32 Å². The second-order valence-electron chi connectivity index (χ2n) is 7.94. The van der Waals surface area contributed by atoms with E-state index in [1.165, 1.54) is 37.0 Å². The van der Waals surface area contributed by atoms with Crippen LogP contribution in [0.25, 0.3) is 11.0 Å². The lowest BCUT2D eigenvalue weighted by atomic mass is 10.1. The van der Waals surface area contributed by atoms with Gasteiger partial charge in [0.1, 0.15) is 5.82 Å². The van der Waals surface area contributed by atoms with Crippen molar-refractivity contribution >= 4 is 22.6 Å². The first kappa shape index (κ1) is 16.6. The van der Waals surface area contributed by atoms with Gasteiger partial charge in [-0.05, 0) is 37.0 Å². The number of nitrogens with one attached hydrogen (secondary N) is 1. The van der Waals surface area contributed by atoms with Crippen LogP contribution in [-0.2, 0) is 17.9 Å². The minimum atomic E-state index is 0.0748. The SMILES string of the molecule is CC(C)CC(=O)Nc1ccc2c(c1)nc1n2CCN(C2CCCC2)C1. The summed E-state index contributed by atoms with van der Waals surface area (Å²) in [4.78, 5) is 19.5. The molecule has 134 valence electrons. The van der Waals surface area contributed by atoms with Crippen molar-refractivity contribution in [2.24, 2.45) is 5.92 Å². The van der Waals surface area contributed by atoms with Gasteiger partial charge >= 0.3 is 0 Å². The summed E-state index contributed by atoms with van der Waals surface area (Å²) in [5.41, 5.74) is 3.02. The van der Waals surface area contributed by atoms with Crippen molar-refractivity contribution < 1.29 is 4.79 Å². The monoisotopic (exact) mass is 340 g/mol. The third-order valence-corrected chi connectivity index (χ3v) is 5.50. The zero-order valence-corrected chi connectivity index (χ0v) is 15.3. The Labute approximate surface area is 149 Å². The molecule has 1 aromatic carbocycles. The Morgan fingerprint density at radius 3 is 2.84 bits per heavy atom. The molecule has 5 heteroatoms. The predicted octanol–water partition coefficient (Wildman–Crippen LogP) is 3.78. The fourth-order valence-electron chi connectivity index (χ4n) is 4.28. The van der Waals surface area contributed by atoms with Crippen LogP contribution in [0.2, 0.25) is 0 Å². The van der Waals surface area contributed by atoms with Crippen molar-refractivity contribution in [3.63, 3.8) is 0 Å². The predicted molar refractivity (Wildman–Crippen MR) is 100 cm³/mol. The molecule has 5 nitrogen and oxygen atoms in total. The maximum Gasteiger partial charge on any atom is 0.224 e. The molecule has 0 bridgehead atoms. The Morgan fingerprint density at radius 1 is 1.28 bits per heavy atom. The summed E-state index contributed by atoms with van der Waals surface area (Å²) in [6, 6.07) is 6.86. The van der Waals surface area contributed by atoms with Crippen LogP contribution in [0.4, 0.5) is 5.69 Å². The third-order valence-electron chi connectivity index (χ3n) is 5.50. The zero-order chi connectivity index (χ0) is 17.4. The summed E-state index contributed by atoms with van der Waals surface area (Å²) < 4.78 is 2.35. The number of hydrogen-bond donors (Lipinski definition) is 1. The van der Waals surface area contributed by atoms with E-state index in [4.69, 9.17) is 4.98 Å². The number of carbonyl (C=O) groups is 1. The number of rotatable bonds is 4. The molecule has 2 aliphatic rings. The molecule has 1 N–H and O–H groups in total. The molecular weight excluding hydrogens is 312 g/mol. The van der Waals surface area contributed by atoms with E-state index < -0.39 is 0 Å². The molecule has 0 spiro atoms. The highest BCUT2D eigenvalue weighted by atomic mass is 16.1. The van der Waals surface area contributed by atoms with E-state index in [0.717, 1.165) is 36.9 Å². The van der Waals surface area contributed by atoms with E-state index in [0.29, 0.717) is 12.3 Å². The molecule has 2 heterocycles. The van der Waals surface area contributed by atoms with Gasteiger partial charge in [-0.15, -0.1) is 0 Å². The highest BCUT2D eigenvalue weighted by Crippen LogP contribution is 2.29. The van der Waals surface area contributed by atoms with Crippen molar-refractivity contribution in [2.45, 2.75) is 65.1 Å². The number of aromatic nitrogens is 2. The first-order chi connectivity index (χ1) is 12.1. The minimum absolute atomic E-state index is 0.0748. The summed E-state index contributed by atoms with van der Waals surface area (Å²) >= 11 is 0. The molecule has 0 atom stereocenters. The van der Waals surface area contributed by atoms with Crippen molar-refractivity contribution in [3.05, 3.63) is 24.0 Å². The van der Waals surface area contributed by atoms with E-state index in [1.54, 1.807) is 0 Å². The zero-order valence-electron chi connectivity index (χ0n) is 15.3. The van der Waals surface area contributed by atoms with Crippen LogP contribution in [0.3, 0.4) is 0 Å². The standard InChI is InChI=1S/C20H28N4O/c1-14(2)11-20(25)21-15-7-8-18-17(12-15)22-19-13-23(9-10-24(18)19)16-5-3-4-6-16/h7-8,12,14,16H,3-6,9-11,13H2,1-2H3,(H,21,25). The summed E-state index contributed by atoms with van der Waals surface area (Å²) in [5.74, 6) is 1.61. The molecule has 0 unspecified atom stereocenters. The van der Waals surface area contributed by atoms with E-state index in [2.05, 4.69) is 34.7 Å². The second-order valence-corrected chi connectivity index (χ2v) is 7.94. The molecular formula is C20H28N4O. The van der Waals surface area contributed by atoms with Gasteiger partial charge < -0.3 is 9.88 Å². The van der Waals surface area contributed by atoms with Crippen molar-refractivity contribution in [1.82, 2.24) is 14.5 Å². The largest absolute Gasteiger partial charge is 0.326 e. The van der Waals surface area contributed by atoms with Crippen molar-refractivity contribution in [1.29, 1.82) is 0 Å². The van der Waals surface area contributed by atoms with Crippen LogP contribution in [0.5, 0.6) is 0 Å². The normalized spacial score (nSPS) is 18.8. The third kappa shape index (κ3) is 3.43. The van der Waals surface area contributed by atoms with Gasteiger partial charge in [-0.2, -0.15) is 0 Å². The molecule has 0 radical (unpaired) electrons. The number of carbonyl (C=O) groups excluding carboxylic acids is 1. The van der Waals surface area contributed by atoms with Crippen LogP contribution in [-0.4, -0.2) is 32.9 Å². The first-order valence-electron chi connectivity index (χ1n) is 9.63. The average Bonchev–Trinajstić information content (AvgIpc) is 3.20. The molecule has 2 aromatic rings. The molecule has 1 saturated carbocycles. The summed E-state index contributed by atoms with van der Waals surface area (Å²) in [6.07, 6.45) is 5.97. The lowest BCUT2D eigenvalue weighted by Crippen LogP contribution is -2.39. The highest BCUT2D eigenvalue weighted by molar-refractivity contribution is 5.93. The van der Waals surface area contributed by atoms with Gasteiger partial charge in [-0.1, -0.05) is 26.7 Å². The van der Waals surface area contributed by atoms with Gasteiger partial charge in [0, 0.05) is 31.2 Å². The Bertz CT molecular complexity index is 773. The smallest absolute Gasteiger partial charge is 0.224 e. The van der Waals surface area contributed by atoms with E-state index >= 15 is 0 Å². The molecule has 4 rings (SSSR count). The lowest BCUT2D eigenvalue weighted by molar-refractivity contribution is -0.116. The summed E-state index contributed by atoms with van der Waals surface area (Å²) in [5, 5.41) is 3.00. The number of fused-ring (bicyclic) bond motifs is 3. The highest BCUT2D eigenvalue weighted by Gasteiger charge is 2.27. The summed E-state index contributed by atoms with van der Waals surface area (Å²) in [6.45, 7) is 7.20. The van der Waals surface area contributed by atoms with Gasteiger partial charge in [0.2, 0.25) is 5.91 Å². The number of amides is 1. The first-order valence-corrected chi connectivity index (χ1v) is 9.63. The Morgan fingerprint density at radius 2 is 2.08 bits per heavy atom. The molecule has 1 aliphatic heterocycles. The van der Waals surface area contributed by atoms with Gasteiger partial charge in [0.15, 0.2) is 0 Å². The van der Waals surface area contributed by atoms with E-state index in [-0.39, 0.29) is 5.91 Å². The average molecular weight is 340 g/mol. The maximum absolute atomic E-state index is 12.0. The van der Waals surface area contributed by atoms with Crippen LogP contribution in [0.1, 0.15) is 51.8 Å². The second kappa shape index (κ2) is 6.79. The molecule has 0 saturated heterocycles. The van der Waals surface area contributed by atoms with Crippen molar-refractivity contribution in [3.8, 4) is 0 Å². The van der Waals surface area contributed by atoms with Gasteiger partial charge in [0.05, 0.1) is 17.6 Å². The van der Waals surface area contributed by atoms with E-state index in [9.17, 15) is 4.79 Å². The summed E-state index contributed by atoms with van der Waals surface area (Å²) in [7, 11) is 0. The molecule has 1 aromatic heterocycles. The minimum Gasteiger partial charge on any atom is -0.326 e. The van der Waals surface area contributed by atoms with Crippen LogP contribution in [0, 0.1) is 5.92 Å². The van der Waals surface area contributed by atoms with Gasteiger partial charge in [0.25, 0.3) is 0 Å². The maximum atomic E-state index is 12.0. The number of hydrogen-bond acceptors (Lipinski definition) is 3. The fraction of sp³-hybridized carbons (Fsp3) is 0.600. The molecule has 25 heavy (non-hydrogen) atoms. The number of nitrogens with zero attached hydrogens (tertiary/aromatic N) is 3. The van der Waals surface area contributed by atoms with Crippen LogP contribution in [0.15, 0.2) is 18.2 Å². The van der Waals surface area contributed by atoms with Gasteiger partial charge in [-0.3, -0.25) is 9.69 Å². The molecule has 1 aliphatic carbocycles. The Hall–Kier alpha value is -1.88. The fourth-order valence-corrected chi connectivity index (χ4v) is 4.28. The van der Waals surface area contributed by atoms with Crippen molar-refractivity contribution in [2.75, 3.05) is 11.9 Å². The quantitative estimate of drug-likeness (QED) is 0.921. The topological polar surface area (TPSA) is 50.2 Å². The number of imidazole rings is 1. The number of anilines is 1. The van der Waals surface area contributed by atoms with E-state index in [1.807, 2.05) is 12.1 Å². The molecule has 1 amide bonds. The lowest BCUT2D eigenvalue weighted by Gasteiger charge is -2.32. The number of benzene rings is 1. The Kier molecular flexibility index (Phi) is 4.50. The molecule has 1 fully saturated rings. The van der Waals surface area contributed by atoms with Crippen LogP contribution >= 0.6 is 0 Å². The van der Waals surface area contributed by atoms with Gasteiger partial charge in [-0.25, -0.2) is 4.98 Å².